The van der Waals surface area contributed by atoms with Crippen LogP contribution in [-0.4, -0.2) is 30.5 Å². The molecule has 0 aliphatic rings. The molecule has 0 rings (SSSR count). The van der Waals surface area contributed by atoms with E-state index in [4.69, 9.17) is 4.74 Å². The molecule has 0 bridgehead atoms. The molecular formula is C9H18BrNO2. The first-order valence-electron chi connectivity index (χ1n) is 4.42. The zero-order chi connectivity index (χ0) is 10.4. The molecule has 2 unspecified atom stereocenters. The Bertz CT molecular complexity index is 162. The smallest absolute Gasteiger partial charge is 0.234 e. The molecule has 4 heteroatoms. The number of carbonyl (C=O) groups excluding carboxylic acids is 1. The third kappa shape index (κ3) is 5.26. The molecule has 0 aromatic rings. The van der Waals surface area contributed by atoms with Gasteiger partial charge in [-0.15, -0.1) is 0 Å². The van der Waals surface area contributed by atoms with Gasteiger partial charge in [0.05, 0.1) is 11.4 Å². The Kier molecular flexibility index (Phi) is 6.33. The number of methoxy groups -OCH3 is 1. The number of ether oxygens (including phenoxy) is 1. The van der Waals surface area contributed by atoms with E-state index in [9.17, 15) is 4.79 Å². The van der Waals surface area contributed by atoms with E-state index in [1.54, 1.807) is 7.11 Å². The summed E-state index contributed by atoms with van der Waals surface area (Å²) in [5, 5.41) is 2.85. The summed E-state index contributed by atoms with van der Waals surface area (Å²) in [6, 6.07) is 0.0660. The summed E-state index contributed by atoms with van der Waals surface area (Å²) in [5.41, 5.74) is 0. The number of rotatable bonds is 5. The van der Waals surface area contributed by atoms with E-state index in [2.05, 4.69) is 21.2 Å². The standard InChI is InChI=1S/C9H18BrNO2/c1-6(2)8(10)9(12)11-7(3)5-13-4/h6-8H,5H2,1-4H3,(H,11,12). The molecule has 0 spiro atoms. The molecule has 0 saturated heterocycles. The minimum atomic E-state index is -0.119. The quantitative estimate of drug-likeness (QED) is 0.754. The minimum Gasteiger partial charge on any atom is -0.383 e. The summed E-state index contributed by atoms with van der Waals surface area (Å²) in [6.07, 6.45) is 0. The Morgan fingerprint density at radius 3 is 2.38 bits per heavy atom. The molecule has 0 saturated carbocycles. The van der Waals surface area contributed by atoms with Crippen LogP contribution in [0.5, 0.6) is 0 Å². The van der Waals surface area contributed by atoms with E-state index in [0.29, 0.717) is 12.5 Å². The van der Waals surface area contributed by atoms with Crippen molar-refractivity contribution in [2.45, 2.75) is 31.6 Å². The molecule has 1 N–H and O–H groups in total. The van der Waals surface area contributed by atoms with Crippen LogP contribution in [-0.2, 0) is 9.53 Å². The topological polar surface area (TPSA) is 38.3 Å². The fourth-order valence-corrected chi connectivity index (χ4v) is 1.05. The molecule has 0 fully saturated rings. The summed E-state index contributed by atoms with van der Waals surface area (Å²) >= 11 is 3.33. The fourth-order valence-electron chi connectivity index (χ4n) is 0.917. The van der Waals surface area contributed by atoms with Crippen molar-refractivity contribution in [3.05, 3.63) is 0 Å². The van der Waals surface area contributed by atoms with Gasteiger partial charge in [0.15, 0.2) is 0 Å². The van der Waals surface area contributed by atoms with Gasteiger partial charge in [-0.05, 0) is 12.8 Å². The number of hydrogen-bond donors (Lipinski definition) is 1. The van der Waals surface area contributed by atoms with Crippen molar-refractivity contribution in [1.82, 2.24) is 5.32 Å². The Balaban J connectivity index is 3.85. The number of halogens is 1. The largest absolute Gasteiger partial charge is 0.383 e. The maximum absolute atomic E-state index is 11.5. The Morgan fingerprint density at radius 1 is 1.46 bits per heavy atom. The molecule has 3 nitrogen and oxygen atoms in total. The number of amides is 1. The number of nitrogens with one attached hydrogen (secondary N) is 1. The average Bonchev–Trinajstić information content (AvgIpc) is 2.03. The van der Waals surface area contributed by atoms with Crippen LogP contribution in [0.4, 0.5) is 0 Å². The number of alkyl halides is 1. The maximum atomic E-state index is 11.5. The molecule has 2 atom stereocenters. The highest BCUT2D eigenvalue weighted by Gasteiger charge is 2.19. The lowest BCUT2D eigenvalue weighted by atomic mass is 10.1. The van der Waals surface area contributed by atoms with Crippen molar-refractivity contribution in [2.75, 3.05) is 13.7 Å². The monoisotopic (exact) mass is 251 g/mol. The first-order chi connectivity index (χ1) is 5.99. The highest BCUT2D eigenvalue weighted by atomic mass is 79.9. The van der Waals surface area contributed by atoms with Gasteiger partial charge < -0.3 is 10.1 Å². The summed E-state index contributed by atoms with van der Waals surface area (Å²) in [6.45, 7) is 6.46. The van der Waals surface area contributed by atoms with E-state index in [0.717, 1.165) is 0 Å². The van der Waals surface area contributed by atoms with Crippen molar-refractivity contribution < 1.29 is 9.53 Å². The van der Waals surface area contributed by atoms with Crippen LogP contribution in [0.2, 0.25) is 0 Å². The van der Waals surface area contributed by atoms with Crippen LogP contribution in [0.3, 0.4) is 0 Å². The molecule has 0 aliphatic carbocycles. The molecule has 0 aliphatic heterocycles. The second kappa shape index (κ2) is 6.38. The van der Waals surface area contributed by atoms with Gasteiger partial charge in [-0.2, -0.15) is 0 Å². The van der Waals surface area contributed by atoms with Crippen LogP contribution in [0.15, 0.2) is 0 Å². The molecule has 0 radical (unpaired) electrons. The molecule has 0 aromatic carbocycles. The van der Waals surface area contributed by atoms with Gasteiger partial charge in [-0.3, -0.25) is 4.79 Å². The molecule has 1 amide bonds. The van der Waals surface area contributed by atoms with Crippen molar-refractivity contribution in [3.63, 3.8) is 0 Å². The van der Waals surface area contributed by atoms with Crippen LogP contribution in [0.25, 0.3) is 0 Å². The van der Waals surface area contributed by atoms with Gasteiger partial charge in [-0.25, -0.2) is 0 Å². The third-order valence-electron chi connectivity index (χ3n) is 1.64. The highest BCUT2D eigenvalue weighted by Crippen LogP contribution is 2.11. The van der Waals surface area contributed by atoms with Gasteiger partial charge in [0.2, 0.25) is 5.91 Å². The molecule has 0 heterocycles. The number of carbonyl (C=O) groups is 1. The van der Waals surface area contributed by atoms with E-state index < -0.39 is 0 Å². The fraction of sp³-hybridized carbons (Fsp3) is 0.889. The Labute approximate surface area is 88.4 Å². The lowest BCUT2D eigenvalue weighted by molar-refractivity contribution is -0.122. The minimum absolute atomic E-state index is 0.0274. The van der Waals surface area contributed by atoms with E-state index >= 15 is 0 Å². The molecule has 13 heavy (non-hydrogen) atoms. The van der Waals surface area contributed by atoms with Crippen LogP contribution >= 0.6 is 15.9 Å². The zero-order valence-electron chi connectivity index (χ0n) is 8.63. The van der Waals surface area contributed by atoms with Crippen molar-refractivity contribution in [3.8, 4) is 0 Å². The summed E-state index contributed by atoms with van der Waals surface area (Å²) in [4.78, 5) is 11.3. The number of hydrogen-bond acceptors (Lipinski definition) is 2. The van der Waals surface area contributed by atoms with Crippen LogP contribution in [0.1, 0.15) is 20.8 Å². The van der Waals surface area contributed by atoms with Gasteiger partial charge in [0, 0.05) is 13.2 Å². The summed E-state index contributed by atoms with van der Waals surface area (Å²) < 4.78 is 4.91. The molecular weight excluding hydrogens is 234 g/mol. The van der Waals surface area contributed by atoms with Crippen molar-refractivity contribution in [2.24, 2.45) is 5.92 Å². The predicted octanol–water partition coefficient (Wildman–Crippen LogP) is 1.56. The lowest BCUT2D eigenvalue weighted by Gasteiger charge is -2.17. The normalized spacial score (nSPS) is 15.5. The van der Waals surface area contributed by atoms with Gasteiger partial charge in [0.25, 0.3) is 0 Å². The predicted molar refractivity (Wildman–Crippen MR) is 57.0 cm³/mol. The van der Waals surface area contributed by atoms with Gasteiger partial charge in [-0.1, -0.05) is 29.8 Å². The van der Waals surface area contributed by atoms with Crippen molar-refractivity contribution in [1.29, 1.82) is 0 Å². The lowest BCUT2D eigenvalue weighted by Crippen LogP contribution is -2.41. The van der Waals surface area contributed by atoms with Crippen molar-refractivity contribution >= 4 is 21.8 Å². The molecule has 0 aromatic heterocycles. The Morgan fingerprint density at radius 2 is 2.00 bits per heavy atom. The third-order valence-corrected chi connectivity index (χ3v) is 3.11. The zero-order valence-corrected chi connectivity index (χ0v) is 10.2. The summed E-state index contributed by atoms with van der Waals surface area (Å²) in [5.74, 6) is 0.328. The van der Waals surface area contributed by atoms with E-state index in [1.165, 1.54) is 0 Å². The molecule has 78 valence electrons. The summed E-state index contributed by atoms with van der Waals surface area (Å²) in [7, 11) is 1.62. The van der Waals surface area contributed by atoms with Gasteiger partial charge >= 0.3 is 0 Å². The van der Waals surface area contributed by atoms with E-state index in [1.807, 2.05) is 20.8 Å². The first kappa shape index (κ1) is 12.9. The maximum Gasteiger partial charge on any atom is 0.234 e. The average molecular weight is 252 g/mol. The Hall–Kier alpha value is -0.0900. The van der Waals surface area contributed by atoms with Crippen LogP contribution < -0.4 is 5.32 Å². The van der Waals surface area contributed by atoms with E-state index in [-0.39, 0.29) is 16.8 Å². The SMILES string of the molecule is COCC(C)NC(=O)C(Br)C(C)C. The first-order valence-corrected chi connectivity index (χ1v) is 5.34. The second-order valence-electron chi connectivity index (χ2n) is 3.51. The van der Waals surface area contributed by atoms with Gasteiger partial charge in [0.1, 0.15) is 0 Å². The highest BCUT2D eigenvalue weighted by molar-refractivity contribution is 9.10. The second-order valence-corrected chi connectivity index (χ2v) is 4.50. The van der Waals surface area contributed by atoms with Crippen LogP contribution in [0, 0.1) is 5.92 Å².